The third kappa shape index (κ3) is 7.80. The molecular formula is C34H42N4O5. The van der Waals surface area contributed by atoms with Crippen molar-refractivity contribution in [1.29, 1.82) is 5.41 Å². The lowest BCUT2D eigenvalue weighted by atomic mass is 9.90. The lowest BCUT2D eigenvalue weighted by molar-refractivity contribution is -0.132. The van der Waals surface area contributed by atoms with Gasteiger partial charge in [0.1, 0.15) is 23.7 Å². The van der Waals surface area contributed by atoms with E-state index >= 15 is 0 Å². The largest absolute Gasteiger partial charge is 0.488 e. The van der Waals surface area contributed by atoms with Crippen molar-refractivity contribution < 1.29 is 24.5 Å². The van der Waals surface area contributed by atoms with Crippen LogP contribution in [-0.4, -0.2) is 59.1 Å². The number of nitrogens with zero attached hydrogens (tertiary/aromatic N) is 2. The molecule has 2 heterocycles. The first-order valence-corrected chi connectivity index (χ1v) is 14.7. The summed E-state index contributed by atoms with van der Waals surface area (Å²) < 4.78 is 11.6. The van der Waals surface area contributed by atoms with E-state index < -0.39 is 5.97 Å². The van der Waals surface area contributed by atoms with Gasteiger partial charge in [-0.2, -0.15) is 0 Å². The number of rotatable bonds is 10. The molecule has 0 radical (unpaired) electrons. The number of fused-ring (bicyclic) bond motifs is 1. The summed E-state index contributed by atoms with van der Waals surface area (Å²) in [6.45, 7) is 4.65. The van der Waals surface area contributed by atoms with E-state index in [0.717, 1.165) is 61.3 Å². The highest BCUT2D eigenvalue weighted by Crippen LogP contribution is 2.34. The number of aliphatic hydroxyl groups is 1. The molecule has 2 aliphatic rings. The average molecular weight is 587 g/mol. The van der Waals surface area contributed by atoms with Crippen LogP contribution in [0.1, 0.15) is 54.4 Å². The Morgan fingerprint density at radius 3 is 2.58 bits per heavy atom. The van der Waals surface area contributed by atoms with Gasteiger partial charge in [-0.05, 0) is 66.6 Å². The number of aromatic nitrogens is 1. The fourth-order valence-electron chi connectivity index (χ4n) is 5.90. The molecular weight excluding hydrogens is 544 g/mol. The number of benzene rings is 2. The first kappa shape index (κ1) is 31.7. The van der Waals surface area contributed by atoms with Gasteiger partial charge in [0.05, 0.1) is 12.8 Å². The van der Waals surface area contributed by atoms with E-state index in [2.05, 4.69) is 33.4 Å². The van der Waals surface area contributed by atoms with Crippen LogP contribution in [0.2, 0.25) is 0 Å². The van der Waals surface area contributed by atoms with Crippen molar-refractivity contribution in [3.63, 3.8) is 0 Å². The van der Waals surface area contributed by atoms with Crippen LogP contribution in [0.5, 0.6) is 5.75 Å². The molecule has 3 aromatic rings. The Kier molecular flexibility index (Phi) is 11.3. The third-order valence-corrected chi connectivity index (χ3v) is 8.09. The minimum absolute atomic E-state index is 0.0628. The highest BCUT2D eigenvalue weighted by Gasteiger charge is 2.25. The zero-order valence-corrected chi connectivity index (χ0v) is 25.2. The highest BCUT2D eigenvalue weighted by atomic mass is 16.5. The van der Waals surface area contributed by atoms with Crippen molar-refractivity contribution >= 4 is 18.0 Å². The topological polar surface area (TPSA) is 128 Å². The zero-order valence-electron chi connectivity index (χ0n) is 25.2. The van der Waals surface area contributed by atoms with Gasteiger partial charge < -0.3 is 30.4 Å². The van der Waals surface area contributed by atoms with Crippen molar-refractivity contribution in [3.05, 3.63) is 88.3 Å². The van der Waals surface area contributed by atoms with Gasteiger partial charge in [0, 0.05) is 38.0 Å². The predicted molar refractivity (Wildman–Crippen MR) is 168 cm³/mol. The van der Waals surface area contributed by atoms with Crippen LogP contribution in [0, 0.1) is 12.3 Å². The number of hydrogen-bond donors (Lipinski definition) is 4. The number of aryl methyl sites for hydroxylation is 1. The second kappa shape index (κ2) is 15.3. The molecule has 9 nitrogen and oxygen atoms in total. The number of anilines is 1. The van der Waals surface area contributed by atoms with E-state index in [0.29, 0.717) is 18.1 Å². The Labute approximate surface area is 253 Å². The van der Waals surface area contributed by atoms with Gasteiger partial charge in [0.25, 0.3) is 0 Å². The third-order valence-electron chi connectivity index (χ3n) is 8.09. The van der Waals surface area contributed by atoms with Crippen LogP contribution in [-0.2, 0) is 29.1 Å². The monoisotopic (exact) mass is 586 g/mol. The Morgan fingerprint density at radius 2 is 1.86 bits per heavy atom. The van der Waals surface area contributed by atoms with E-state index in [1.54, 1.807) is 6.07 Å². The molecule has 0 unspecified atom stereocenters. The molecule has 0 saturated heterocycles. The maximum Gasteiger partial charge on any atom is 0.342 e. The molecule has 1 saturated carbocycles. The number of carboxylic acids is 1. The lowest BCUT2D eigenvalue weighted by Crippen LogP contribution is -2.40. The molecule has 0 atom stereocenters. The fourth-order valence-corrected chi connectivity index (χ4v) is 5.90. The van der Waals surface area contributed by atoms with Gasteiger partial charge >= 0.3 is 5.97 Å². The number of aliphatic carboxylic acids is 1. The summed E-state index contributed by atoms with van der Waals surface area (Å²) in [5, 5.41) is 26.7. The molecule has 1 aromatic heterocycles. The summed E-state index contributed by atoms with van der Waals surface area (Å²) in [4.78, 5) is 18.8. The highest BCUT2D eigenvalue weighted by molar-refractivity contribution is 6.08. The molecule has 0 amide bonds. The quantitative estimate of drug-likeness (QED) is 0.131. The average Bonchev–Trinajstić information content (AvgIpc) is 3.05. The van der Waals surface area contributed by atoms with Crippen molar-refractivity contribution in [2.75, 3.05) is 26.1 Å². The number of pyridine rings is 1. The summed E-state index contributed by atoms with van der Waals surface area (Å²) in [7, 11) is 2.35. The van der Waals surface area contributed by atoms with E-state index in [4.69, 9.17) is 20.0 Å². The smallest absolute Gasteiger partial charge is 0.342 e. The number of para-hydroxylation sites is 1. The molecule has 43 heavy (non-hydrogen) atoms. The summed E-state index contributed by atoms with van der Waals surface area (Å²) in [5.41, 5.74) is 6.22. The van der Waals surface area contributed by atoms with Crippen molar-refractivity contribution in [1.82, 2.24) is 9.88 Å². The van der Waals surface area contributed by atoms with Crippen LogP contribution >= 0.6 is 0 Å². The molecule has 4 N–H and O–H groups in total. The van der Waals surface area contributed by atoms with Gasteiger partial charge in [-0.25, -0.2) is 9.78 Å². The van der Waals surface area contributed by atoms with Gasteiger partial charge in [0.2, 0.25) is 5.88 Å². The van der Waals surface area contributed by atoms with Gasteiger partial charge in [0.15, 0.2) is 0 Å². The summed E-state index contributed by atoms with van der Waals surface area (Å²) in [5.74, 6) is -0.179. The SMILES string of the molecule is CO.CO/C(Nc1cccc(-c2cccc(C)c2OCc2ccc3c(c2)CCN(C2CCCCC2)C3)n1)=C(/C=N)C(=O)O. The van der Waals surface area contributed by atoms with Crippen molar-refractivity contribution in [3.8, 4) is 17.0 Å². The number of methoxy groups -OCH3 is 1. The van der Waals surface area contributed by atoms with Crippen LogP contribution in [0.15, 0.2) is 66.1 Å². The maximum absolute atomic E-state index is 11.5. The second-order valence-corrected chi connectivity index (χ2v) is 10.8. The molecule has 0 spiro atoms. The Bertz CT molecular complexity index is 1450. The van der Waals surface area contributed by atoms with Crippen LogP contribution < -0.4 is 10.1 Å². The molecule has 228 valence electrons. The van der Waals surface area contributed by atoms with Crippen molar-refractivity contribution in [2.24, 2.45) is 0 Å². The molecule has 2 aromatic carbocycles. The maximum atomic E-state index is 11.5. The first-order valence-electron chi connectivity index (χ1n) is 14.7. The van der Waals surface area contributed by atoms with E-state index in [1.807, 2.05) is 37.3 Å². The number of hydrogen-bond acceptors (Lipinski definition) is 8. The number of carbonyl (C=O) groups is 1. The van der Waals surface area contributed by atoms with Crippen LogP contribution in [0.3, 0.4) is 0 Å². The molecule has 1 fully saturated rings. The Hall–Kier alpha value is -4.21. The van der Waals surface area contributed by atoms with Crippen molar-refractivity contribution in [2.45, 2.75) is 64.6 Å². The minimum atomic E-state index is -1.27. The van der Waals surface area contributed by atoms with E-state index in [1.165, 1.54) is 50.3 Å². The van der Waals surface area contributed by atoms with Crippen LogP contribution in [0.25, 0.3) is 11.3 Å². The van der Waals surface area contributed by atoms with Gasteiger partial charge in [-0.3, -0.25) is 4.90 Å². The Morgan fingerprint density at radius 1 is 1.09 bits per heavy atom. The summed E-state index contributed by atoms with van der Waals surface area (Å²) in [6.07, 6.45) is 8.61. The van der Waals surface area contributed by atoms with E-state index in [-0.39, 0.29) is 11.5 Å². The second-order valence-electron chi connectivity index (χ2n) is 10.8. The summed E-state index contributed by atoms with van der Waals surface area (Å²) >= 11 is 0. The predicted octanol–water partition coefficient (Wildman–Crippen LogP) is 5.94. The molecule has 0 bridgehead atoms. The number of aliphatic hydroxyl groups excluding tert-OH is 1. The minimum Gasteiger partial charge on any atom is -0.488 e. The van der Waals surface area contributed by atoms with Gasteiger partial charge in [-0.15, -0.1) is 0 Å². The standard InChI is InChI=1S/C33H38N4O4.CH4O/c1-22-8-6-11-27(29-12-7-13-30(35-29)36-32(40-2)28(19-34)33(38)39)31(22)41-21-23-14-15-25-20-37(17-16-24(25)18-23)26-9-4-3-5-10-26;1-2/h6-8,11-15,18-19,26,34H,3-5,9-10,16-17,20-21H2,1-2H3,(H,35,36)(H,38,39);2H,1H3/b32-28-,34-19?;. The van der Waals surface area contributed by atoms with Gasteiger partial charge in [-0.1, -0.05) is 55.7 Å². The summed E-state index contributed by atoms with van der Waals surface area (Å²) in [6, 6.07) is 18.9. The number of carboxylic acid groups (broad SMARTS) is 1. The molecule has 1 aliphatic carbocycles. The first-order chi connectivity index (χ1) is 21.0. The van der Waals surface area contributed by atoms with E-state index in [9.17, 15) is 9.90 Å². The number of nitrogens with one attached hydrogen (secondary N) is 2. The number of ether oxygens (including phenoxy) is 2. The Balaban J connectivity index is 0.00000207. The molecule has 9 heteroatoms. The van der Waals surface area contributed by atoms with Crippen LogP contribution in [0.4, 0.5) is 5.82 Å². The normalized spacial score (nSPS) is 15.7. The molecule has 5 rings (SSSR count). The fraction of sp³-hybridized carbons (Fsp3) is 0.382. The molecule has 1 aliphatic heterocycles. The zero-order chi connectivity index (χ0) is 30.8. The lowest BCUT2D eigenvalue weighted by Gasteiger charge is -2.37.